The first kappa shape index (κ1) is 14.8. The number of nitrogens with one attached hydrogen (secondary N) is 1. The molecular formula is C18H23NO. The molecule has 0 saturated carbocycles. The Hall–Kier alpha value is -1.64. The average molecular weight is 269 g/mol. The molecule has 2 aromatic carbocycles. The first-order valence-corrected chi connectivity index (χ1v) is 7.22. The van der Waals surface area contributed by atoms with Gasteiger partial charge in [-0.15, -0.1) is 0 Å². The molecule has 0 aliphatic rings. The number of rotatable bonds is 7. The number of aryl methyl sites for hydroxylation is 2. The Morgan fingerprint density at radius 3 is 2.50 bits per heavy atom. The van der Waals surface area contributed by atoms with E-state index in [1.807, 2.05) is 18.2 Å². The molecule has 0 aliphatic carbocycles. The minimum Gasteiger partial charge on any atom is -0.392 e. The maximum atomic E-state index is 9.98. The van der Waals surface area contributed by atoms with Crippen molar-refractivity contribution < 1.29 is 5.11 Å². The molecule has 20 heavy (non-hydrogen) atoms. The summed E-state index contributed by atoms with van der Waals surface area (Å²) in [6.07, 6.45) is 1.43. The highest BCUT2D eigenvalue weighted by Crippen LogP contribution is 2.06. The zero-order chi connectivity index (χ0) is 14.2. The summed E-state index contributed by atoms with van der Waals surface area (Å²) in [4.78, 5) is 0. The summed E-state index contributed by atoms with van der Waals surface area (Å²) in [5, 5.41) is 13.3. The molecule has 0 aromatic heterocycles. The normalized spacial score (nSPS) is 12.3. The van der Waals surface area contributed by atoms with Gasteiger partial charge in [0.2, 0.25) is 0 Å². The van der Waals surface area contributed by atoms with Crippen molar-refractivity contribution in [2.24, 2.45) is 0 Å². The van der Waals surface area contributed by atoms with Gasteiger partial charge in [0.05, 0.1) is 6.10 Å². The molecule has 2 nitrogen and oxygen atoms in total. The molecule has 2 rings (SSSR count). The summed E-state index contributed by atoms with van der Waals surface area (Å²) in [5.41, 5.74) is 3.82. The van der Waals surface area contributed by atoms with Crippen LogP contribution in [0.4, 0.5) is 0 Å². The largest absolute Gasteiger partial charge is 0.392 e. The van der Waals surface area contributed by atoms with Crippen LogP contribution in [0.25, 0.3) is 0 Å². The van der Waals surface area contributed by atoms with Gasteiger partial charge in [0, 0.05) is 13.1 Å². The number of aliphatic hydroxyl groups is 1. The second kappa shape index (κ2) is 7.83. The second-order valence-electron chi connectivity index (χ2n) is 5.30. The first-order chi connectivity index (χ1) is 9.74. The lowest BCUT2D eigenvalue weighted by Crippen LogP contribution is -2.26. The van der Waals surface area contributed by atoms with Crippen molar-refractivity contribution in [1.82, 2.24) is 5.32 Å². The third-order valence-electron chi connectivity index (χ3n) is 3.40. The first-order valence-electron chi connectivity index (χ1n) is 7.22. The fourth-order valence-electron chi connectivity index (χ4n) is 2.29. The Morgan fingerprint density at radius 1 is 1.00 bits per heavy atom. The van der Waals surface area contributed by atoms with Gasteiger partial charge in [-0.05, 0) is 30.9 Å². The maximum Gasteiger partial charge on any atom is 0.0667 e. The lowest BCUT2D eigenvalue weighted by molar-refractivity contribution is 0.161. The summed E-state index contributed by atoms with van der Waals surface area (Å²) in [5.74, 6) is 0. The van der Waals surface area contributed by atoms with Crippen molar-refractivity contribution in [1.29, 1.82) is 0 Å². The van der Waals surface area contributed by atoms with Crippen LogP contribution in [-0.4, -0.2) is 17.8 Å². The highest BCUT2D eigenvalue weighted by molar-refractivity contribution is 5.22. The minimum absolute atomic E-state index is 0.292. The van der Waals surface area contributed by atoms with Crippen LogP contribution < -0.4 is 5.32 Å². The molecule has 0 aliphatic heterocycles. The fraction of sp³-hybridized carbons (Fsp3) is 0.333. The Bertz CT molecular complexity index is 510. The molecular weight excluding hydrogens is 246 g/mol. The van der Waals surface area contributed by atoms with Gasteiger partial charge in [0.1, 0.15) is 0 Å². The maximum absolute atomic E-state index is 9.98. The van der Waals surface area contributed by atoms with Gasteiger partial charge >= 0.3 is 0 Å². The number of hydrogen-bond acceptors (Lipinski definition) is 2. The standard InChI is InChI=1S/C18H23NO/c1-15-6-5-9-17(12-15)13-19-14-18(20)11-10-16-7-3-2-4-8-16/h2-9,12,18-20H,10-11,13-14H2,1H3/t18-/m1/s1. The predicted molar refractivity (Wildman–Crippen MR) is 83.7 cm³/mol. The topological polar surface area (TPSA) is 32.3 Å². The van der Waals surface area contributed by atoms with E-state index in [1.165, 1.54) is 16.7 Å². The fourth-order valence-corrected chi connectivity index (χ4v) is 2.29. The molecule has 106 valence electrons. The summed E-state index contributed by atoms with van der Waals surface area (Å²) in [6, 6.07) is 18.7. The van der Waals surface area contributed by atoms with Crippen molar-refractivity contribution in [2.75, 3.05) is 6.54 Å². The van der Waals surface area contributed by atoms with Crippen molar-refractivity contribution in [3.05, 3.63) is 71.3 Å². The van der Waals surface area contributed by atoms with Gasteiger partial charge in [-0.3, -0.25) is 0 Å². The molecule has 1 atom stereocenters. The van der Waals surface area contributed by atoms with Crippen LogP contribution in [0.1, 0.15) is 23.1 Å². The number of hydrogen-bond donors (Lipinski definition) is 2. The van der Waals surface area contributed by atoms with Crippen LogP contribution in [-0.2, 0) is 13.0 Å². The summed E-state index contributed by atoms with van der Waals surface area (Å²) >= 11 is 0. The van der Waals surface area contributed by atoms with Crippen LogP contribution in [0.15, 0.2) is 54.6 Å². The quantitative estimate of drug-likeness (QED) is 0.809. The van der Waals surface area contributed by atoms with E-state index in [0.717, 1.165) is 19.4 Å². The van der Waals surface area contributed by atoms with E-state index in [4.69, 9.17) is 0 Å². The molecule has 0 saturated heterocycles. The van der Waals surface area contributed by atoms with Crippen LogP contribution in [0.2, 0.25) is 0 Å². The van der Waals surface area contributed by atoms with Crippen molar-refractivity contribution in [2.45, 2.75) is 32.4 Å². The van der Waals surface area contributed by atoms with Gasteiger partial charge in [-0.1, -0.05) is 60.2 Å². The smallest absolute Gasteiger partial charge is 0.0667 e. The zero-order valence-electron chi connectivity index (χ0n) is 12.0. The monoisotopic (exact) mass is 269 g/mol. The van der Waals surface area contributed by atoms with E-state index in [2.05, 4.69) is 48.6 Å². The van der Waals surface area contributed by atoms with Gasteiger partial charge in [0.25, 0.3) is 0 Å². The highest BCUT2D eigenvalue weighted by atomic mass is 16.3. The average Bonchev–Trinajstić information content (AvgIpc) is 2.46. The summed E-state index contributed by atoms with van der Waals surface area (Å²) in [7, 11) is 0. The third kappa shape index (κ3) is 5.16. The summed E-state index contributed by atoms with van der Waals surface area (Å²) < 4.78 is 0. The molecule has 2 heteroatoms. The van der Waals surface area contributed by atoms with Crippen LogP contribution in [0.5, 0.6) is 0 Å². The molecule has 0 radical (unpaired) electrons. The van der Waals surface area contributed by atoms with Crippen LogP contribution in [0.3, 0.4) is 0 Å². The van der Waals surface area contributed by atoms with Gasteiger partial charge in [0.15, 0.2) is 0 Å². The number of benzene rings is 2. The molecule has 0 fully saturated rings. The molecule has 0 heterocycles. The van der Waals surface area contributed by atoms with Crippen molar-refractivity contribution >= 4 is 0 Å². The molecule has 0 unspecified atom stereocenters. The summed E-state index contributed by atoms with van der Waals surface area (Å²) in [6.45, 7) is 3.54. The van der Waals surface area contributed by atoms with Crippen LogP contribution in [0, 0.1) is 6.92 Å². The van der Waals surface area contributed by atoms with Gasteiger partial charge < -0.3 is 10.4 Å². The lowest BCUT2D eigenvalue weighted by atomic mass is 10.1. The molecule has 0 amide bonds. The third-order valence-corrected chi connectivity index (χ3v) is 3.40. The van der Waals surface area contributed by atoms with Crippen LogP contribution >= 0.6 is 0 Å². The Kier molecular flexibility index (Phi) is 5.78. The van der Waals surface area contributed by atoms with E-state index in [0.29, 0.717) is 6.54 Å². The van der Waals surface area contributed by atoms with E-state index >= 15 is 0 Å². The van der Waals surface area contributed by atoms with Gasteiger partial charge in [-0.2, -0.15) is 0 Å². The Balaban J connectivity index is 1.66. The lowest BCUT2D eigenvalue weighted by Gasteiger charge is -2.12. The van der Waals surface area contributed by atoms with E-state index in [1.54, 1.807) is 0 Å². The van der Waals surface area contributed by atoms with Crippen molar-refractivity contribution in [3.8, 4) is 0 Å². The molecule has 2 N–H and O–H groups in total. The van der Waals surface area contributed by atoms with Gasteiger partial charge in [-0.25, -0.2) is 0 Å². The van der Waals surface area contributed by atoms with Crippen molar-refractivity contribution in [3.63, 3.8) is 0 Å². The minimum atomic E-state index is -0.292. The predicted octanol–water partition coefficient (Wildman–Crippen LogP) is 3.08. The molecule has 0 bridgehead atoms. The van der Waals surface area contributed by atoms with E-state index < -0.39 is 0 Å². The molecule has 0 spiro atoms. The highest BCUT2D eigenvalue weighted by Gasteiger charge is 2.04. The van der Waals surface area contributed by atoms with E-state index in [-0.39, 0.29) is 6.10 Å². The Labute approximate surface area is 121 Å². The number of aliphatic hydroxyl groups excluding tert-OH is 1. The van der Waals surface area contributed by atoms with E-state index in [9.17, 15) is 5.11 Å². The zero-order valence-corrected chi connectivity index (χ0v) is 12.0. The molecule has 2 aromatic rings. The SMILES string of the molecule is Cc1cccc(CNC[C@H](O)CCc2ccccc2)c1. The Morgan fingerprint density at radius 2 is 1.75 bits per heavy atom. The second-order valence-corrected chi connectivity index (χ2v) is 5.30.